The van der Waals surface area contributed by atoms with E-state index >= 15 is 0 Å². The van der Waals surface area contributed by atoms with E-state index in [1.54, 1.807) is 0 Å². The van der Waals surface area contributed by atoms with Gasteiger partial charge in [0.15, 0.2) is 0 Å². The highest BCUT2D eigenvalue weighted by atomic mass is 16.1. The van der Waals surface area contributed by atoms with Crippen molar-refractivity contribution in [3.8, 4) is 0 Å². The fourth-order valence-electron chi connectivity index (χ4n) is 1.16. The summed E-state index contributed by atoms with van der Waals surface area (Å²) in [5.41, 5.74) is 13.8. The number of rotatable bonds is 1. The molecule has 4 N–H and O–H groups in total. The van der Waals surface area contributed by atoms with Crippen molar-refractivity contribution in [2.75, 3.05) is 0 Å². The van der Waals surface area contributed by atoms with Crippen molar-refractivity contribution in [2.24, 2.45) is 11.5 Å². The molecular formula is C11H16N2O. The minimum Gasteiger partial charge on any atom is -0.399 e. The molecule has 14 heavy (non-hydrogen) atoms. The maximum atomic E-state index is 8.58. The minimum absolute atomic E-state index is 0.250. The molecule has 0 saturated carbocycles. The van der Waals surface area contributed by atoms with Crippen LogP contribution in [0.5, 0.6) is 0 Å². The minimum atomic E-state index is 0.250. The monoisotopic (exact) mass is 192 g/mol. The molecule has 0 aliphatic carbocycles. The third kappa shape index (κ3) is 4.30. The molecule has 0 aromatic heterocycles. The van der Waals surface area contributed by atoms with Crippen molar-refractivity contribution >= 4 is 12.1 Å². The van der Waals surface area contributed by atoms with Gasteiger partial charge in [0.1, 0.15) is 0 Å². The summed E-state index contributed by atoms with van der Waals surface area (Å²) in [6, 6.07) is 6.19. The number of carbonyl (C=O) groups excluding carboxylic acids is 1. The molecule has 76 valence electrons. The van der Waals surface area contributed by atoms with Crippen LogP contribution in [0.15, 0.2) is 24.8 Å². The molecule has 0 aliphatic rings. The van der Waals surface area contributed by atoms with Crippen molar-refractivity contribution in [2.45, 2.75) is 13.8 Å². The predicted octanol–water partition coefficient (Wildman–Crippen LogP) is 1.33. The highest BCUT2D eigenvalue weighted by molar-refractivity contribution is 5.61. The molecule has 1 amide bonds. The molecule has 0 spiro atoms. The van der Waals surface area contributed by atoms with Gasteiger partial charge in [-0.1, -0.05) is 23.8 Å². The Morgan fingerprint density at radius 3 is 1.93 bits per heavy atom. The third-order valence-electron chi connectivity index (χ3n) is 1.59. The topological polar surface area (TPSA) is 69.1 Å². The summed E-state index contributed by atoms with van der Waals surface area (Å²) >= 11 is 0. The SMILES string of the molecule is C=C(N)c1cc(C)cc(C)c1.NC=O. The second-order valence-corrected chi connectivity index (χ2v) is 3.04. The van der Waals surface area contributed by atoms with Gasteiger partial charge < -0.3 is 11.5 Å². The normalized spacial score (nSPS) is 8.43. The van der Waals surface area contributed by atoms with Crippen molar-refractivity contribution < 1.29 is 4.79 Å². The quantitative estimate of drug-likeness (QED) is 0.659. The molecule has 0 radical (unpaired) electrons. The number of benzene rings is 1. The molecule has 1 aromatic carbocycles. The van der Waals surface area contributed by atoms with E-state index < -0.39 is 0 Å². The predicted molar refractivity (Wildman–Crippen MR) is 59.4 cm³/mol. The fraction of sp³-hybridized carbons (Fsp3) is 0.182. The van der Waals surface area contributed by atoms with Crippen LogP contribution in [0.25, 0.3) is 5.70 Å². The Labute approximate surface area is 84.4 Å². The zero-order valence-electron chi connectivity index (χ0n) is 8.58. The molecule has 1 rings (SSSR count). The van der Waals surface area contributed by atoms with Gasteiger partial charge in [0.2, 0.25) is 6.41 Å². The number of amides is 1. The van der Waals surface area contributed by atoms with Crippen LogP contribution in [-0.2, 0) is 4.79 Å². The molecule has 0 saturated heterocycles. The lowest BCUT2D eigenvalue weighted by molar-refractivity contribution is -0.106. The van der Waals surface area contributed by atoms with Crippen LogP contribution < -0.4 is 11.5 Å². The second kappa shape index (κ2) is 5.80. The molecule has 1 aromatic rings. The van der Waals surface area contributed by atoms with Gasteiger partial charge in [0.05, 0.1) is 0 Å². The summed E-state index contributed by atoms with van der Waals surface area (Å²) in [7, 11) is 0. The zero-order valence-corrected chi connectivity index (χ0v) is 8.58. The van der Waals surface area contributed by atoms with E-state index in [9.17, 15) is 0 Å². The average Bonchev–Trinajstić information content (AvgIpc) is 2.03. The maximum Gasteiger partial charge on any atom is 0.204 e. The largest absolute Gasteiger partial charge is 0.399 e. The summed E-state index contributed by atoms with van der Waals surface area (Å²) in [6.07, 6.45) is 0.250. The van der Waals surface area contributed by atoms with E-state index in [4.69, 9.17) is 10.5 Å². The van der Waals surface area contributed by atoms with Crippen LogP contribution in [0, 0.1) is 13.8 Å². The van der Waals surface area contributed by atoms with Crippen molar-refractivity contribution in [1.29, 1.82) is 0 Å². The van der Waals surface area contributed by atoms with E-state index in [0.717, 1.165) is 5.56 Å². The standard InChI is InChI=1S/C10H13N.CH3NO/c1-7-4-8(2)6-10(5-7)9(3)11;2-1-3/h4-6H,3,11H2,1-2H3;1H,(H2,2,3). The summed E-state index contributed by atoms with van der Waals surface area (Å²) in [4.78, 5) is 8.58. The number of carbonyl (C=O) groups is 1. The van der Waals surface area contributed by atoms with Crippen LogP contribution in [0.4, 0.5) is 0 Å². The van der Waals surface area contributed by atoms with Crippen molar-refractivity contribution in [3.63, 3.8) is 0 Å². The zero-order chi connectivity index (χ0) is 11.1. The van der Waals surface area contributed by atoms with Crippen LogP contribution in [0.1, 0.15) is 16.7 Å². The molecule has 0 aliphatic heterocycles. The van der Waals surface area contributed by atoms with Gasteiger partial charge in [-0.05, 0) is 31.5 Å². The van der Waals surface area contributed by atoms with Gasteiger partial charge in [-0.15, -0.1) is 0 Å². The third-order valence-corrected chi connectivity index (χ3v) is 1.59. The molecular weight excluding hydrogens is 176 g/mol. The van der Waals surface area contributed by atoms with Crippen molar-refractivity contribution in [1.82, 2.24) is 0 Å². The van der Waals surface area contributed by atoms with E-state index in [-0.39, 0.29) is 6.41 Å². The number of hydrogen-bond donors (Lipinski definition) is 2. The molecule has 0 heterocycles. The van der Waals surface area contributed by atoms with Crippen LogP contribution in [-0.4, -0.2) is 6.41 Å². The highest BCUT2D eigenvalue weighted by Gasteiger charge is 1.95. The highest BCUT2D eigenvalue weighted by Crippen LogP contribution is 2.12. The lowest BCUT2D eigenvalue weighted by Crippen LogP contribution is -1.94. The Morgan fingerprint density at radius 1 is 1.29 bits per heavy atom. The molecule has 3 nitrogen and oxygen atoms in total. The first-order chi connectivity index (χ1) is 6.51. The first-order valence-corrected chi connectivity index (χ1v) is 4.19. The van der Waals surface area contributed by atoms with E-state index in [0.29, 0.717) is 5.70 Å². The van der Waals surface area contributed by atoms with Gasteiger partial charge in [-0.3, -0.25) is 4.79 Å². The number of hydrogen-bond acceptors (Lipinski definition) is 2. The first-order valence-electron chi connectivity index (χ1n) is 4.19. The Morgan fingerprint density at radius 2 is 1.64 bits per heavy atom. The molecule has 0 bridgehead atoms. The lowest BCUT2D eigenvalue weighted by atomic mass is 10.1. The smallest absolute Gasteiger partial charge is 0.204 e. The average molecular weight is 192 g/mol. The molecule has 0 atom stereocenters. The van der Waals surface area contributed by atoms with Gasteiger partial charge in [0.25, 0.3) is 0 Å². The van der Waals surface area contributed by atoms with Crippen LogP contribution in [0.3, 0.4) is 0 Å². The summed E-state index contributed by atoms with van der Waals surface area (Å²) in [5, 5.41) is 0. The Kier molecular flexibility index (Phi) is 5.07. The second-order valence-electron chi connectivity index (χ2n) is 3.04. The summed E-state index contributed by atoms with van der Waals surface area (Å²) in [5.74, 6) is 0. The van der Waals surface area contributed by atoms with Gasteiger partial charge in [0, 0.05) is 5.70 Å². The number of aryl methyl sites for hydroxylation is 2. The summed E-state index contributed by atoms with van der Waals surface area (Å²) in [6.45, 7) is 7.80. The molecule has 3 heteroatoms. The molecule has 0 unspecified atom stereocenters. The first kappa shape index (κ1) is 12.2. The lowest BCUT2D eigenvalue weighted by Gasteiger charge is -2.02. The molecule has 0 fully saturated rings. The van der Waals surface area contributed by atoms with Gasteiger partial charge in [-0.25, -0.2) is 0 Å². The van der Waals surface area contributed by atoms with Crippen LogP contribution in [0.2, 0.25) is 0 Å². The Bertz CT molecular complexity index is 312. The Balaban J connectivity index is 0.000000500. The maximum absolute atomic E-state index is 8.58. The van der Waals surface area contributed by atoms with Crippen molar-refractivity contribution in [3.05, 3.63) is 41.5 Å². The van der Waals surface area contributed by atoms with E-state index in [1.807, 2.05) is 12.1 Å². The van der Waals surface area contributed by atoms with Gasteiger partial charge in [-0.2, -0.15) is 0 Å². The number of primary amides is 1. The number of nitrogens with two attached hydrogens (primary N) is 2. The van der Waals surface area contributed by atoms with E-state index in [1.165, 1.54) is 11.1 Å². The Hall–Kier alpha value is -1.77. The van der Waals surface area contributed by atoms with Crippen LogP contribution >= 0.6 is 0 Å². The van der Waals surface area contributed by atoms with E-state index in [2.05, 4.69) is 32.2 Å². The fourth-order valence-corrected chi connectivity index (χ4v) is 1.16. The summed E-state index contributed by atoms with van der Waals surface area (Å²) < 4.78 is 0. The van der Waals surface area contributed by atoms with Gasteiger partial charge >= 0.3 is 0 Å².